The molecule has 0 spiro atoms. The van der Waals surface area contributed by atoms with Gasteiger partial charge in [0.25, 0.3) is 0 Å². The highest BCUT2D eigenvalue weighted by molar-refractivity contribution is 5.98. The van der Waals surface area contributed by atoms with Crippen molar-refractivity contribution in [2.75, 3.05) is 26.1 Å². The second kappa shape index (κ2) is 6.39. The Bertz CT molecular complexity index is 512. The molecule has 7 heteroatoms. The van der Waals surface area contributed by atoms with Gasteiger partial charge in [0, 0.05) is 14.1 Å². The van der Waals surface area contributed by atoms with E-state index in [4.69, 9.17) is 10.5 Å². The molecule has 7 nitrogen and oxygen atoms in total. The van der Waals surface area contributed by atoms with Crippen LogP contribution in [0.4, 0.5) is 10.5 Å². The Morgan fingerprint density at radius 1 is 1.42 bits per heavy atom. The van der Waals surface area contributed by atoms with E-state index < -0.39 is 12.0 Å². The van der Waals surface area contributed by atoms with Crippen LogP contribution in [0.2, 0.25) is 0 Å². The molecule has 19 heavy (non-hydrogen) atoms. The Kier molecular flexibility index (Phi) is 4.87. The number of hydrogen-bond acceptors (Lipinski definition) is 5. The maximum atomic E-state index is 11.7. The number of hydrogen-bond donors (Lipinski definition) is 2. The third-order valence-electron chi connectivity index (χ3n) is 2.30. The molecule has 0 aliphatic heterocycles. The summed E-state index contributed by atoms with van der Waals surface area (Å²) in [4.78, 5) is 24.0. The van der Waals surface area contributed by atoms with E-state index in [1.165, 1.54) is 13.3 Å². The lowest BCUT2D eigenvalue weighted by Crippen LogP contribution is -2.24. The van der Waals surface area contributed by atoms with Crippen LogP contribution in [0.25, 0.3) is 0 Å². The van der Waals surface area contributed by atoms with Crippen LogP contribution < -0.4 is 16.1 Å². The lowest BCUT2D eigenvalue weighted by atomic mass is 10.1. The predicted octanol–water partition coefficient (Wildman–Crippen LogP) is 0.541. The van der Waals surface area contributed by atoms with Crippen LogP contribution in [-0.2, 0) is 4.74 Å². The number of ether oxygens (including phenoxy) is 1. The van der Waals surface area contributed by atoms with Crippen LogP contribution >= 0.6 is 0 Å². The van der Waals surface area contributed by atoms with Gasteiger partial charge in [-0.2, -0.15) is 5.10 Å². The molecule has 0 saturated carbocycles. The number of amides is 2. The summed E-state index contributed by atoms with van der Waals surface area (Å²) in [6.45, 7) is 0. The van der Waals surface area contributed by atoms with Crippen molar-refractivity contribution in [2.45, 2.75) is 0 Å². The van der Waals surface area contributed by atoms with Gasteiger partial charge in [-0.25, -0.2) is 15.0 Å². The highest BCUT2D eigenvalue weighted by Crippen LogP contribution is 2.20. The molecule has 0 atom stereocenters. The van der Waals surface area contributed by atoms with E-state index in [-0.39, 0.29) is 0 Å². The Balaban J connectivity index is 3.08. The van der Waals surface area contributed by atoms with Gasteiger partial charge in [-0.3, -0.25) is 0 Å². The highest BCUT2D eigenvalue weighted by Gasteiger charge is 2.13. The number of rotatable bonds is 4. The zero-order chi connectivity index (χ0) is 14.4. The zero-order valence-corrected chi connectivity index (χ0v) is 11.0. The number of nitrogens with zero attached hydrogens (tertiary/aromatic N) is 2. The number of benzene rings is 1. The first-order valence-electron chi connectivity index (χ1n) is 5.44. The summed E-state index contributed by atoms with van der Waals surface area (Å²) < 4.78 is 4.72. The minimum absolute atomic E-state index is 0.413. The molecule has 102 valence electrons. The topological polar surface area (TPSA) is 97.0 Å². The summed E-state index contributed by atoms with van der Waals surface area (Å²) in [7, 11) is 4.96. The Morgan fingerprint density at radius 3 is 2.63 bits per heavy atom. The number of urea groups is 1. The SMILES string of the molecule is COC(=O)c1cc(C=NNC(N)=O)ccc1N(C)C. The number of primary amides is 1. The highest BCUT2D eigenvalue weighted by atomic mass is 16.5. The second-order valence-electron chi connectivity index (χ2n) is 3.90. The predicted molar refractivity (Wildman–Crippen MR) is 72.4 cm³/mol. The van der Waals surface area contributed by atoms with E-state index in [0.29, 0.717) is 11.1 Å². The molecule has 1 rings (SSSR count). The van der Waals surface area contributed by atoms with E-state index in [0.717, 1.165) is 5.69 Å². The number of anilines is 1. The van der Waals surface area contributed by atoms with Gasteiger partial charge in [-0.1, -0.05) is 6.07 Å². The van der Waals surface area contributed by atoms with Crippen LogP contribution in [0.3, 0.4) is 0 Å². The fourth-order valence-electron chi connectivity index (χ4n) is 1.47. The van der Waals surface area contributed by atoms with Gasteiger partial charge >= 0.3 is 12.0 Å². The summed E-state index contributed by atoms with van der Waals surface area (Å²) in [5.74, 6) is -0.443. The van der Waals surface area contributed by atoms with Crippen LogP contribution in [0, 0.1) is 0 Å². The van der Waals surface area contributed by atoms with Gasteiger partial charge < -0.3 is 15.4 Å². The second-order valence-corrected chi connectivity index (χ2v) is 3.90. The van der Waals surface area contributed by atoms with Crippen molar-refractivity contribution in [3.63, 3.8) is 0 Å². The van der Waals surface area contributed by atoms with E-state index in [1.807, 2.05) is 14.1 Å². The van der Waals surface area contributed by atoms with Gasteiger partial charge in [-0.15, -0.1) is 0 Å². The molecular weight excluding hydrogens is 248 g/mol. The Hall–Kier alpha value is -2.57. The van der Waals surface area contributed by atoms with E-state index in [2.05, 4.69) is 10.5 Å². The number of nitrogens with one attached hydrogen (secondary N) is 1. The van der Waals surface area contributed by atoms with Crippen molar-refractivity contribution in [3.05, 3.63) is 29.3 Å². The lowest BCUT2D eigenvalue weighted by Gasteiger charge is -2.16. The van der Waals surface area contributed by atoms with Crippen molar-refractivity contribution in [3.8, 4) is 0 Å². The molecule has 0 heterocycles. The standard InChI is InChI=1S/C12H16N4O3/c1-16(2)10-5-4-8(7-14-15-12(13)18)6-9(10)11(17)19-3/h4-7H,1-3H3,(H3,13,15,18). The van der Waals surface area contributed by atoms with Gasteiger partial charge in [0.2, 0.25) is 0 Å². The van der Waals surface area contributed by atoms with Crippen molar-refractivity contribution in [2.24, 2.45) is 10.8 Å². The van der Waals surface area contributed by atoms with Gasteiger partial charge in [0.05, 0.1) is 24.6 Å². The first kappa shape index (κ1) is 14.5. The molecular formula is C12H16N4O3. The molecule has 3 N–H and O–H groups in total. The summed E-state index contributed by atoms with van der Waals surface area (Å²) >= 11 is 0. The fraction of sp³-hybridized carbons (Fsp3) is 0.250. The van der Waals surface area contributed by atoms with Crippen LogP contribution in [0.15, 0.2) is 23.3 Å². The molecule has 0 aliphatic carbocycles. The maximum absolute atomic E-state index is 11.7. The summed E-state index contributed by atoms with van der Waals surface area (Å²) in [6, 6.07) is 4.38. The molecule has 0 aromatic heterocycles. The Labute approximate surface area is 111 Å². The Morgan fingerprint density at radius 2 is 2.11 bits per heavy atom. The van der Waals surface area contributed by atoms with Crippen LogP contribution in [0.1, 0.15) is 15.9 Å². The number of methoxy groups -OCH3 is 1. The number of carbonyl (C=O) groups excluding carboxylic acids is 2. The summed E-state index contributed by atoms with van der Waals surface area (Å²) in [6.07, 6.45) is 1.39. The van der Waals surface area contributed by atoms with Gasteiger partial charge in [-0.05, 0) is 17.7 Å². The molecule has 1 aromatic carbocycles. The summed E-state index contributed by atoms with van der Waals surface area (Å²) in [5.41, 5.74) is 8.73. The number of hydrazone groups is 1. The lowest BCUT2D eigenvalue weighted by molar-refractivity contribution is 0.0601. The molecule has 0 bridgehead atoms. The van der Waals surface area contributed by atoms with Gasteiger partial charge in [0.1, 0.15) is 0 Å². The third-order valence-corrected chi connectivity index (χ3v) is 2.30. The summed E-state index contributed by atoms with van der Waals surface area (Å²) in [5, 5.41) is 3.63. The third kappa shape index (κ3) is 3.98. The maximum Gasteiger partial charge on any atom is 0.339 e. The average Bonchev–Trinajstić information content (AvgIpc) is 2.37. The minimum atomic E-state index is -0.755. The quantitative estimate of drug-likeness (QED) is 0.471. The first-order valence-corrected chi connectivity index (χ1v) is 5.44. The van der Waals surface area contributed by atoms with Crippen molar-refractivity contribution < 1.29 is 14.3 Å². The normalized spacial score (nSPS) is 10.3. The molecule has 2 amide bonds. The van der Waals surface area contributed by atoms with E-state index in [1.54, 1.807) is 23.1 Å². The number of carbonyl (C=O) groups is 2. The minimum Gasteiger partial charge on any atom is -0.465 e. The van der Waals surface area contributed by atoms with Crippen LogP contribution in [0.5, 0.6) is 0 Å². The molecule has 1 aromatic rings. The van der Waals surface area contributed by atoms with Crippen molar-refractivity contribution >= 4 is 23.9 Å². The molecule has 0 aliphatic rings. The fourth-order valence-corrected chi connectivity index (χ4v) is 1.47. The first-order chi connectivity index (χ1) is 8.95. The van der Waals surface area contributed by atoms with Crippen LogP contribution in [-0.4, -0.2) is 39.4 Å². The number of nitrogens with two attached hydrogens (primary N) is 1. The monoisotopic (exact) mass is 264 g/mol. The molecule has 0 saturated heterocycles. The van der Waals surface area contributed by atoms with E-state index >= 15 is 0 Å². The van der Waals surface area contributed by atoms with Crippen molar-refractivity contribution in [1.82, 2.24) is 5.43 Å². The largest absolute Gasteiger partial charge is 0.465 e. The molecule has 0 fully saturated rings. The molecule has 0 unspecified atom stereocenters. The average molecular weight is 264 g/mol. The zero-order valence-electron chi connectivity index (χ0n) is 11.0. The van der Waals surface area contributed by atoms with Gasteiger partial charge in [0.15, 0.2) is 0 Å². The van der Waals surface area contributed by atoms with Crippen molar-refractivity contribution in [1.29, 1.82) is 0 Å². The molecule has 0 radical (unpaired) electrons. The van der Waals surface area contributed by atoms with E-state index in [9.17, 15) is 9.59 Å². The smallest absolute Gasteiger partial charge is 0.339 e. The number of esters is 1.